The number of rotatable bonds is 4. The van der Waals surface area contributed by atoms with Gasteiger partial charge in [0.15, 0.2) is 0 Å². The fraction of sp³-hybridized carbons (Fsp3) is 0.350. The van der Waals surface area contributed by atoms with E-state index in [1.165, 1.54) is 6.42 Å². The van der Waals surface area contributed by atoms with Gasteiger partial charge >= 0.3 is 0 Å². The molecule has 3 rings (SSSR count). The van der Waals surface area contributed by atoms with Crippen molar-refractivity contribution in [2.75, 3.05) is 18.0 Å². The molecule has 0 radical (unpaired) electrons. The first-order valence-electron chi connectivity index (χ1n) is 9.08. The summed E-state index contributed by atoms with van der Waals surface area (Å²) in [7, 11) is 0. The van der Waals surface area contributed by atoms with Gasteiger partial charge in [-0.25, -0.2) is 4.98 Å². The number of piperidine rings is 1. The lowest BCUT2D eigenvalue weighted by Crippen LogP contribution is -2.42. The molecule has 1 fully saturated rings. The van der Waals surface area contributed by atoms with Gasteiger partial charge in [0.1, 0.15) is 5.82 Å². The Morgan fingerprint density at radius 3 is 2.38 bits per heavy atom. The number of aromatic nitrogens is 1. The molecule has 0 aliphatic carbocycles. The van der Waals surface area contributed by atoms with Crippen LogP contribution in [-0.4, -0.2) is 29.9 Å². The van der Waals surface area contributed by atoms with Gasteiger partial charge in [0.2, 0.25) is 0 Å². The van der Waals surface area contributed by atoms with E-state index in [0.717, 1.165) is 37.9 Å². The number of aryl methyl sites for hydroxylation is 1. The van der Waals surface area contributed by atoms with Gasteiger partial charge in [0, 0.05) is 24.8 Å². The Labute approximate surface area is 153 Å². The van der Waals surface area contributed by atoms with E-state index in [0.29, 0.717) is 16.9 Å². The molecule has 136 valence electrons. The second-order valence-electron chi connectivity index (χ2n) is 6.38. The van der Waals surface area contributed by atoms with Crippen molar-refractivity contribution in [3.8, 4) is 0 Å². The van der Waals surface area contributed by atoms with Crippen LogP contribution in [0.1, 0.15) is 52.5 Å². The summed E-state index contributed by atoms with van der Waals surface area (Å²) in [4.78, 5) is 31.3. The van der Waals surface area contributed by atoms with Crippen LogP contribution in [0.4, 0.5) is 5.82 Å². The van der Waals surface area contributed by atoms with Crippen molar-refractivity contribution in [1.82, 2.24) is 15.8 Å². The molecule has 6 heteroatoms. The van der Waals surface area contributed by atoms with Gasteiger partial charge in [-0.05, 0) is 55.5 Å². The number of nitrogens with one attached hydrogen (secondary N) is 2. The van der Waals surface area contributed by atoms with E-state index in [-0.39, 0.29) is 11.8 Å². The van der Waals surface area contributed by atoms with Gasteiger partial charge in [-0.1, -0.05) is 19.1 Å². The van der Waals surface area contributed by atoms with Crippen molar-refractivity contribution in [2.45, 2.75) is 32.6 Å². The maximum atomic E-state index is 12.6. The van der Waals surface area contributed by atoms with Crippen molar-refractivity contribution in [1.29, 1.82) is 0 Å². The standard InChI is InChI=1S/C20H24N4O2/c1-2-15-8-10-16(11-9-15)19(25)22-23-20(26)17-7-6-12-21-18(17)24-13-4-3-5-14-24/h6-12H,2-5,13-14H2,1H3,(H,22,25)(H,23,26). The number of hydrogen-bond acceptors (Lipinski definition) is 4. The highest BCUT2D eigenvalue weighted by Gasteiger charge is 2.20. The largest absolute Gasteiger partial charge is 0.356 e. The van der Waals surface area contributed by atoms with E-state index in [9.17, 15) is 9.59 Å². The molecule has 0 unspecified atom stereocenters. The summed E-state index contributed by atoms with van der Waals surface area (Å²) < 4.78 is 0. The Morgan fingerprint density at radius 2 is 1.69 bits per heavy atom. The summed E-state index contributed by atoms with van der Waals surface area (Å²) in [6.07, 6.45) is 6.01. The van der Waals surface area contributed by atoms with Gasteiger partial charge in [-0.2, -0.15) is 0 Å². The van der Waals surface area contributed by atoms with Gasteiger partial charge in [-0.3, -0.25) is 20.4 Å². The summed E-state index contributed by atoms with van der Waals surface area (Å²) in [6.45, 7) is 3.85. The lowest BCUT2D eigenvalue weighted by Gasteiger charge is -2.29. The fourth-order valence-electron chi connectivity index (χ4n) is 3.08. The first kappa shape index (κ1) is 17.9. The quantitative estimate of drug-likeness (QED) is 0.830. The number of benzene rings is 1. The average molecular weight is 352 g/mol. The zero-order valence-corrected chi connectivity index (χ0v) is 15.0. The highest BCUT2D eigenvalue weighted by Crippen LogP contribution is 2.21. The zero-order chi connectivity index (χ0) is 18.4. The smallest absolute Gasteiger partial charge is 0.273 e. The van der Waals surface area contributed by atoms with Crippen LogP contribution in [0.2, 0.25) is 0 Å². The Bertz CT molecular complexity index is 768. The predicted molar refractivity (Wildman–Crippen MR) is 101 cm³/mol. The van der Waals surface area contributed by atoms with E-state index >= 15 is 0 Å². The minimum absolute atomic E-state index is 0.343. The number of hydrogen-bond donors (Lipinski definition) is 2. The first-order valence-corrected chi connectivity index (χ1v) is 9.08. The highest BCUT2D eigenvalue weighted by atomic mass is 16.2. The van der Waals surface area contributed by atoms with Crippen LogP contribution in [0.3, 0.4) is 0 Å². The second-order valence-corrected chi connectivity index (χ2v) is 6.38. The molecular formula is C20H24N4O2. The Kier molecular flexibility index (Phi) is 5.84. The van der Waals surface area contributed by atoms with Gasteiger partial charge in [0.25, 0.3) is 11.8 Å². The van der Waals surface area contributed by atoms with Crippen LogP contribution in [0.5, 0.6) is 0 Å². The maximum Gasteiger partial charge on any atom is 0.273 e. The van der Waals surface area contributed by atoms with Crippen LogP contribution in [0.15, 0.2) is 42.6 Å². The van der Waals surface area contributed by atoms with Crippen LogP contribution < -0.4 is 15.8 Å². The van der Waals surface area contributed by atoms with Crippen LogP contribution in [-0.2, 0) is 6.42 Å². The summed E-state index contributed by atoms with van der Waals surface area (Å²) in [5.74, 6) is -0.0344. The predicted octanol–water partition coefficient (Wildman–Crippen LogP) is 2.71. The highest BCUT2D eigenvalue weighted by molar-refractivity contribution is 6.01. The SMILES string of the molecule is CCc1ccc(C(=O)NNC(=O)c2cccnc2N2CCCCC2)cc1. The van der Waals surface area contributed by atoms with Crippen molar-refractivity contribution in [3.05, 3.63) is 59.3 Å². The van der Waals surface area contributed by atoms with Crippen molar-refractivity contribution in [2.24, 2.45) is 0 Å². The molecule has 1 saturated heterocycles. The molecule has 2 heterocycles. The Morgan fingerprint density at radius 1 is 1.00 bits per heavy atom. The number of hydrazine groups is 1. The number of nitrogens with zero attached hydrogens (tertiary/aromatic N) is 2. The third kappa shape index (κ3) is 4.20. The first-order chi connectivity index (χ1) is 12.7. The molecule has 1 aromatic carbocycles. The molecule has 26 heavy (non-hydrogen) atoms. The molecule has 0 spiro atoms. The van der Waals surface area contributed by atoms with Gasteiger partial charge < -0.3 is 4.90 Å². The third-order valence-electron chi connectivity index (χ3n) is 4.60. The molecule has 0 saturated carbocycles. The zero-order valence-electron chi connectivity index (χ0n) is 15.0. The molecular weight excluding hydrogens is 328 g/mol. The monoisotopic (exact) mass is 352 g/mol. The van der Waals surface area contributed by atoms with Crippen LogP contribution in [0.25, 0.3) is 0 Å². The lowest BCUT2D eigenvalue weighted by atomic mass is 10.1. The molecule has 0 atom stereocenters. The van der Waals surface area contributed by atoms with E-state index in [4.69, 9.17) is 0 Å². The molecule has 1 aromatic heterocycles. The molecule has 2 amide bonds. The molecule has 1 aliphatic heterocycles. The third-order valence-corrected chi connectivity index (χ3v) is 4.60. The van der Waals surface area contributed by atoms with Crippen LogP contribution in [0, 0.1) is 0 Å². The number of carbonyl (C=O) groups is 2. The topological polar surface area (TPSA) is 74.3 Å². The maximum absolute atomic E-state index is 12.6. The van der Waals surface area contributed by atoms with E-state index in [2.05, 4.69) is 27.7 Å². The molecule has 0 bridgehead atoms. The van der Waals surface area contributed by atoms with Crippen LogP contribution >= 0.6 is 0 Å². The summed E-state index contributed by atoms with van der Waals surface area (Å²) in [5.41, 5.74) is 7.11. The molecule has 2 N–H and O–H groups in total. The van der Waals surface area contributed by atoms with Gasteiger partial charge in [-0.15, -0.1) is 0 Å². The minimum Gasteiger partial charge on any atom is -0.356 e. The summed E-state index contributed by atoms with van der Waals surface area (Å²) >= 11 is 0. The van der Waals surface area contributed by atoms with Gasteiger partial charge in [0.05, 0.1) is 5.56 Å². The van der Waals surface area contributed by atoms with Crippen molar-refractivity contribution < 1.29 is 9.59 Å². The van der Waals surface area contributed by atoms with E-state index in [1.54, 1.807) is 30.5 Å². The normalized spacial score (nSPS) is 14.0. The number of anilines is 1. The lowest BCUT2D eigenvalue weighted by molar-refractivity contribution is 0.0846. The molecule has 6 nitrogen and oxygen atoms in total. The second kappa shape index (κ2) is 8.47. The summed E-state index contributed by atoms with van der Waals surface area (Å²) in [5, 5.41) is 0. The fourth-order valence-corrected chi connectivity index (χ4v) is 3.08. The van der Waals surface area contributed by atoms with E-state index in [1.807, 2.05) is 12.1 Å². The Balaban J connectivity index is 1.65. The number of pyridine rings is 1. The van der Waals surface area contributed by atoms with Crippen molar-refractivity contribution >= 4 is 17.6 Å². The van der Waals surface area contributed by atoms with E-state index < -0.39 is 0 Å². The summed E-state index contributed by atoms with van der Waals surface area (Å²) in [6, 6.07) is 10.8. The molecule has 2 aromatic rings. The average Bonchev–Trinajstić information content (AvgIpc) is 2.72. The number of carbonyl (C=O) groups excluding carboxylic acids is 2. The number of amides is 2. The minimum atomic E-state index is -0.364. The van der Waals surface area contributed by atoms with Crippen molar-refractivity contribution in [3.63, 3.8) is 0 Å². The molecule has 1 aliphatic rings. The Hall–Kier alpha value is -2.89.